The highest BCUT2D eigenvalue weighted by molar-refractivity contribution is 14.1. The Labute approximate surface area is 148 Å². The van der Waals surface area contributed by atoms with Gasteiger partial charge in [0.25, 0.3) is 0 Å². The van der Waals surface area contributed by atoms with E-state index in [-0.39, 0.29) is 0 Å². The van der Waals surface area contributed by atoms with Crippen molar-refractivity contribution in [2.45, 2.75) is 26.7 Å². The summed E-state index contributed by atoms with van der Waals surface area (Å²) < 4.78 is 0.944. The predicted octanol–water partition coefficient (Wildman–Crippen LogP) is 4.76. The molecule has 6 heteroatoms. The van der Waals surface area contributed by atoms with E-state index in [0.717, 1.165) is 21.2 Å². The summed E-state index contributed by atoms with van der Waals surface area (Å²) in [6, 6.07) is 5.54. The van der Waals surface area contributed by atoms with E-state index in [2.05, 4.69) is 46.4 Å². The van der Waals surface area contributed by atoms with Gasteiger partial charge in [-0.3, -0.25) is 0 Å². The van der Waals surface area contributed by atoms with Gasteiger partial charge in [-0.05, 0) is 52.6 Å². The molecule has 0 aliphatic rings. The van der Waals surface area contributed by atoms with Crippen molar-refractivity contribution in [1.82, 2.24) is 9.97 Å². The number of nitrogens with zero attached hydrogens (tertiary/aromatic N) is 2. The Morgan fingerprint density at radius 1 is 1.19 bits per heavy atom. The van der Waals surface area contributed by atoms with Crippen LogP contribution in [0.25, 0.3) is 0 Å². The number of hydrogen-bond acceptors (Lipinski definition) is 3. The number of halogens is 3. The van der Waals surface area contributed by atoms with E-state index < -0.39 is 0 Å². The minimum absolute atomic E-state index is 0.519. The second kappa shape index (κ2) is 7.11. The number of hydrogen-bond donors (Lipinski definition) is 1. The van der Waals surface area contributed by atoms with Crippen LogP contribution < -0.4 is 5.73 Å². The molecule has 0 amide bonds. The Balaban J connectivity index is 2.31. The van der Waals surface area contributed by atoms with Crippen LogP contribution in [-0.2, 0) is 12.8 Å². The maximum Gasteiger partial charge on any atom is 0.140 e. The van der Waals surface area contributed by atoms with E-state index in [0.29, 0.717) is 34.0 Å². The Bertz CT molecular complexity index is 660. The number of nitrogen functional groups attached to an aromatic ring is 1. The monoisotopic (exact) mass is 435 g/mol. The zero-order chi connectivity index (χ0) is 15.6. The largest absolute Gasteiger partial charge is 0.383 e. The summed E-state index contributed by atoms with van der Waals surface area (Å²) in [5, 5.41) is 1.08. The molecule has 1 heterocycles. The van der Waals surface area contributed by atoms with Crippen LogP contribution in [0.3, 0.4) is 0 Å². The number of rotatable bonds is 4. The van der Waals surface area contributed by atoms with Crippen molar-refractivity contribution >= 4 is 51.6 Å². The van der Waals surface area contributed by atoms with Gasteiger partial charge in [-0.1, -0.05) is 43.1 Å². The van der Waals surface area contributed by atoms with Crippen LogP contribution >= 0.6 is 45.8 Å². The molecule has 0 saturated carbocycles. The molecule has 0 fully saturated rings. The van der Waals surface area contributed by atoms with Crippen LogP contribution in [0, 0.1) is 9.49 Å². The molecular weight excluding hydrogens is 420 g/mol. The molecule has 2 aromatic rings. The third-order valence-electron chi connectivity index (χ3n) is 2.94. The van der Waals surface area contributed by atoms with Gasteiger partial charge in [-0.15, -0.1) is 0 Å². The molecule has 1 aromatic heterocycles. The van der Waals surface area contributed by atoms with Gasteiger partial charge in [-0.25, -0.2) is 9.97 Å². The summed E-state index contributed by atoms with van der Waals surface area (Å²) in [7, 11) is 0. The van der Waals surface area contributed by atoms with Gasteiger partial charge in [-0.2, -0.15) is 0 Å². The van der Waals surface area contributed by atoms with Crippen molar-refractivity contribution in [2.75, 3.05) is 5.73 Å². The summed E-state index contributed by atoms with van der Waals surface area (Å²) in [6.45, 7) is 4.32. The van der Waals surface area contributed by atoms with Crippen LogP contribution in [-0.4, -0.2) is 9.97 Å². The van der Waals surface area contributed by atoms with E-state index in [1.807, 2.05) is 12.1 Å². The molecule has 2 N–H and O–H groups in total. The molecular formula is C15H16Cl2IN3. The molecule has 0 saturated heterocycles. The number of aromatic nitrogens is 2. The van der Waals surface area contributed by atoms with Crippen molar-refractivity contribution in [2.24, 2.45) is 5.92 Å². The van der Waals surface area contributed by atoms with Crippen molar-refractivity contribution in [3.63, 3.8) is 0 Å². The summed E-state index contributed by atoms with van der Waals surface area (Å²) in [5.74, 6) is 1.77. The van der Waals surface area contributed by atoms with Gasteiger partial charge in [0.15, 0.2) is 0 Å². The second-order valence-corrected chi connectivity index (χ2v) is 7.20. The highest BCUT2D eigenvalue weighted by Crippen LogP contribution is 2.24. The molecule has 0 aliphatic heterocycles. The van der Waals surface area contributed by atoms with E-state index in [1.165, 1.54) is 0 Å². The molecule has 2 rings (SSSR count). The number of nitrogens with two attached hydrogens (primary N) is 1. The molecule has 3 nitrogen and oxygen atoms in total. The molecule has 112 valence electrons. The topological polar surface area (TPSA) is 51.8 Å². The first-order chi connectivity index (χ1) is 9.86. The van der Waals surface area contributed by atoms with Crippen LogP contribution in [0.2, 0.25) is 10.0 Å². The lowest BCUT2D eigenvalue weighted by atomic mass is 10.1. The minimum atomic E-state index is 0.519. The minimum Gasteiger partial charge on any atom is -0.383 e. The lowest BCUT2D eigenvalue weighted by molar-refractivity contribution is 0.629. The first-order valence-corrected chi connectivity index (χ1v) is 8.45. The van der Waals surface area contributed by atoms with Crippen LogP contribution in [0.5, 0.6) is 0 Å². The zero-order valence-corrected chi connectivity index (χ0v) is 15.5. The predicted molar refractivity (Wildman–Crippen MR) is 97.0 cm³/mol. The van der Waals surface area contributed by atoms with Gasteiger partial charge in [0.2, 0.25) is 0 Å². The molecule has 21 heavy (non-hydrogen) atoms. The third-order valence-corrected chi connectivity index (χ3v) is 4.85. The summed E-state index contributed by atoms with van der Waals surface area (Å²) >= 11 is 14.2. The second-order valence-electron chi connectivity index (χ2n) is 5.31. The van der Waals surface area contributed by atoms with Crippen LogP contribution in [0.1, 0.15) is 30.9 Å². The van der Waals surface area contributed by atoms with Gasteiger partial charge in [0.1, 0.15) is 11.6 Å². The molecule has 0 atom stereocenters. The lowest BCUT2D eigenvalue weighted by Gasteiger charge is -2.11. The maximum atomic E-state index is 6.04. The van der Waals surface area contributed by atoms with Crippen LogP contribution in [0.15, 0.2) is 18.2 Å². The SMILES string of the molecule is CC(C)Cc1nc(Cc2ccc(Cl)c(Cl)c2)nc(N)c1I. The highest BCUT2D eigenvalue weighted by atomic mass is 127. The Morgan fingerprint density at radius 3 is 2.52 bits per heavy atom. The summed E-state index contributed by atoms with van der Waals surface area (Å²) in [6.07, 6.45) is 1.47. The fourth-order valence-electron chi connectivity index (χ4n) is 2.00. The van der Waals surface area contributed by atoms with E-state index in [9.17, 15) is 0 Å². The summed E-state index contributed by atoms with van der Waals surface area (Å²) in [4.78, 5) is 9.02. The Hall–Kier alpha value is -0.590. The summed E-state index contributed by atoms with van der Waals surface area (Å²) in [5.41, 5.74) is 8.02. The molecule has 0 radical (unpaired) electrons. The normalized spacial score (nSPS) is 11.1. The van der Waals surface area contributed by atoms with E-state index in [1.54, 1.807) is 6.07 Å². The number of anilines is 1. The Morgan fingerprint density at radius 2 is 1.90 bits per heavy atom. The van der Waals surface area contributed by atoms with Gasteiger partial charge in [0.05, 0.1) is 19.3 Å². The van der Waals surface area contributed by atoms with Gasteiger partial charge >= 0.3 is 0 Å². The van der Waals surface area contributed by atoms with Crippen molar-refractivity contribution in [3.8, 4) is 0 Å². The average Bonchev–Trinajstić information content (AvgIpc) is 2.39. The molecule has 1 aromatic carbocycles. The zero-order valence-electron chi connectivity index (χ0n) is 11.8. The molecule has 0 unspecified atom stereocenters. The van der Waals surface area contributed by atoms with Crippen molar-refractivity contribution < 1.29 is 0 Å². The van der Waals surface area contributed by atoms with E-state index >= 15 is 0 Å². The first kappa shape index (κ1) is 16.8. The van der Waals surface area contributed by atoms with Crippen LogP contribution in [0.4, 0.5) is 5.82 Å². The number of benzene rings is 1. The van der Waals surface area contributed by atoms with Gasteiger partial charge in [0, 0.05) is 6.42 Å². The van der Waals surface area contributed by atoms with Crippen molar-refractivity contribution in [1.29, 1.82) is 0 Å². The first-order valence-electron chi connectivity index (χ1n) is 6.61. The third kappa shape index (κ3) is 4.44. The lowest BCUT2D eigenvalue weighted by Crippen LogP contribution is -2.10. The Kier molecular flexibility index (Phi) is 5.68. The highest BCUT2D eigenvalue weighted by Gasteiger charge is 2.12. The van der Waals surface area contributed by atoms with Gasteiger partial charge < -0.3 is 5.73 Å². The van der Waals surface area contributed by atoms with Crippen molar-refractivity contribution in [3.05, 3.63) is 48.9 Å². The fraction of sp³-hybridized carbons (Fsp3) is 0.333. The molecule has 0 bridgehead atoms. The molecule has 0 aliphatic carbocycles. The standard InChI is InChI=1S/C15H16Cl2IN3/c1-8(2)5-12-14(18)15(19)21-13(20-12)7-9-3-4-10(16)11(17)6-9/h3-4,6,8H,5,7H2,1-2H3,(H2,19,20,21). The molecule has 0 spiro atoms. The fourth-order valence-corrected chi connectivity index (χ4v) is 2.78. The smallest absolute Gasteiger partial charge is 0.140 e. The average molecular weight is 436 g/mol. The maximum absolute atomic E-state index is 6.04. The quantitative estimate of drug-likeness (QED) is 0.704. The van der Waals surface area contributed by atoms with E-state index in [4.69, 9.17) is 28.9 Å².